The van der Waals surface area contributed by atoms with Crippen molar-refractivity contribution in [2.75, 3.05) is 5.75 Å². The molecule has 6 nitrogen and oxygen atoms in total. The summed E-state index contributed by atoms with van der Waals surface area (Å²) in [5.74, 6) is -5.96. The van der Waals surface area contributed by atoms with Gasteiger partial charge in [-0.25, -0.2) is 13.2 Å². The van der Waals surface area contributed by atoms with Gasteiger partial charge in [0.25, 0.3) is 0 Å². The van der Waals surface area contributed by atoms with Crippen molar-refractivity contribution in [2.24, 2.45) is 0 Å². The van der Waals surface area contributed by atoms with Crippen LogP contribution in [0.1, 0.15) is 20.8 Å². The predicted molar refractivity (Wildman–Crippen MR) is 52.2 cm³/mol. The van der Waals surface area contributed by atoms with Gasteiger partial charge in [0, 0.05) is 0 Å². The maximum atomic E-state index is 12.7. The summed E-state index contributed by atoms with van der Waals surface area (Å²) in [7, 11) is -5.44. The van der Waals surface area contributed by atoms with Crippen molar-refractivity contribution < 1.29 is 36.6 Å². The van der Waals surface area contributed by atoms with E-state index in [0.29, 0.717) is 0 Å². The number of carboxylic acid groups (broad SMARTS) is 1. The number of rotatable bonds is 4. The molecule has 0 radical (unpaired) electrons. The first-order chi connectivity index (χ1) is 7.29. The number of aliphatic carboxylic acids is 1. The molecule has 0 atom stereocenters. The fraction of sp³-hybridized carbons (Fsp3) is 0.750. The lowest BCUT2D eigenvalue weighted by Crippen LogP contribution is -2.42. The molecule has 0 rings (SSSR count). The van der Waals surface area contributed by atoms with Crippen molar-refractivity contribution in [1.29, 1.82) is 0 Å². The molecule has 0 amide bonds. The van der Waals surface area contributed by atoms with Crippen LogP contribution in [0.15, 0.2) is 0 Å². The third kappa shape index (κ3) is 4.25. The Balaban J connectivity index is 4.92. The fourth-order valence-electron chi connectivity index (χ4n) is 0.750. The molecular weight excluding hydrogens is 262 g/mol. The molecule has 0 saturated carbocycles. The van der Waals surface area contributed by atoms with E-state index in [2.05, 4.69) is 4.74 Å². The molecule has 0 bridgehead atoms. The summed E-state index contributed by atoms with van der Waals surface area (Å²) >= 11 is 0. The Morgan fingerprint density at radius 3 is 1.94 bits per heavy atom. The molecular formula is C8H12F2O6S. The third-order valence-corrected chi connectivity index (χ3v) is 2.94. The molecule has 0 aromatic rings. The highest BCUT2D eigenvalue weighted by molar-refractivity contribution is 7.93. The number of ether oxygens (including phenoxy) is 1. The molecule has 100 valence electrons. The number of carbonyl (C=O) groups excluding carboxylic acids is 1. The molecule has 0 heterocycles. The van der Waals surface area contributed by atoms with Crippen LogP contribution in [0.4, 0.5) is 8.78 Å². The summed E-state index contributed by atoms with van der Waals surface area (Å²) in [6, 6.07) is 0. The van der Waals surface area contributed by atoms with E-state index in [9.17, 15) is 26.8 Å². The van der Waals surface area contributed by atoms with Gasteiger partial charge in [0.05, 0.1) is 0 Å². The first-order valence-corrected chi connectivity index (χ1v) is 6.00. The van der Waals surface area contributed by atoms with E-state index >= 15 is 0 Å². The van der Waals surface area contributed by atoms with Crippen LogP contribution in [0.5, 0.6) is 0 Å². The molecule has 0 aliphatic carbocycles. The van der Waals surface area contributed by atoms with Gasteiger partial charge in [-0.15, -0.1) is 0 Å². The first kappa shape index (κ1) is 15.8. The zero-order valence-electron chi connectivity index (χ0n) is 9.36. The number of halogens is 2. The average molecular weight is 274 g/mol. The van der Waals surface area contributed by atoms with Gasteiger partial charge in [-0.1, -0.05) is 0 Å². The van der Waals surface area contributed by atoms with Crippen molar-refractivity contribution in [1.82, 2.24) is 0 Å². The number of sulfone groups is 1. The molecule has 0 unspecified atom stereocenters. The van der Waals surface area contributed by atoms with Crippen molar-refractivity contribution in [3.63, 3.8) is 0 Å². The number of hydrogen-bond acceptors (Lipinski definition) is 5. The van der Waals surface area contributed by atoms with Gasteiger partial charge < -0.3 is 9.84 Å². The van der Waals surface area contributed by atoms with E-state index in [1.54, 1.807) is 0 Å². The van der Waals surface area contributed by atoms with Gasteiger partial charge in [0.2, 0.25) is 9.84 Å². The first-order valence-electron chi connectivity index (χ1n) is 4.35. The van der Waals surface area contributed by atoms with Gasteiger partial charge in [-0.3, -0.25) is 4.79 Å². The monoisotopic (exact) mass is 274 g/mol. The van der Waals surface area contributed by atoms with Crippen LogP contribution in [0, 0.1) is 0 Å². The molecule has 0 fully saturated rings. The smallest absolute Gasteiger partial charge is 0.440 e. The molecule has 0 aliphatic rings. The van der Waals surface area contributed by atoms with Crippen LogP contribution < -0.4 is 0 Å². The van der Waals surface area contributed by atoms with Crippen LogP contribution in [0.25, 0.3) is 0 Å². The minimum atomic E-state index is -5.44. The van der Waals surface area contributed by atoms with Crippen LogP contribution >= 0.6 is 0 Å². The summed E-state index contributed by atoms with van der Waals surface area (Å²) in [6.45, 7) is 4.23. The van der Waals surface area contributed by atoms with E-state index in [1.165, 1.54) is 20.8 Å². The lowest BCUT2D eigenvalue weighted by atomic mass is 10.2. The zero-order chi connectivity index (χ0) is 14.1. The van der Waals surface area contributed by atoms with Crippen LogP contribution in [0.2, 0.25) is 0 Å². The SMILES string of the molecule is CC(C)(C)OC(=O)CS(=O)(=O)C(F)(F)C(=O)O. The van der Waals surface area contributed by atoms with Gasteiger partial charge in [-0.2, -0.15) is 8.78 Å². The quantitative estimate of drug-likeness (QED) is 0.746. The summed E-state index contributed by atoms with van der Waals surface area (Å²) in [5, 5.41) is 3.03. The average Bonchev–Trinajstić information content (AvgIpc) is 1.97. The Kier molecular flexibility index (Phi) is 4.22. The highest BCUT2D eigenvalue weighted by Gasteiger charge is 2.54. The van der Waals surface area contributed by atoms with E-state index in [4.69, 9.17) is 5.11 Å². The van der Waals surface area contributed by atoms with Crippen molar-refractivity contribution in [3.8, 4) is 0 Å². The largest absolute Gasteiger partial charge is 0.476 e. The molecule has 0 aliphatic heterocycles. The molecule has 9 heteroatoms. The highest BCUT2D eigenvalue weighted by atomic mass is 32.2. The minimum absolute atomic E-state index is 1.05. The van der Waals surface area contributed by atoms with E-state index in [-0.39, 0.29) is 0 Å². The Hall–Kier alpha value is -1.25. The van der Waals surface area contributed by atoms with E-state index in [1.807, 2.05) is 0 Å². The number of alkyl halides is 2. The second-order valence-corrected chi connectivity index (χ2v) is 6.20. The summed E-state index contributed by atoms with van der Waals surface area (Å²) in [4.78, 5) is 21.1. The van der Waals surface area contributed by atoms with Gasteiger partial charge in [-0.05, 0) is 20.8 Å². The molecule has 0 saturated heterocycles. The second-order valence-electron chi connectivity index (χ2n) is 4.17. The Morgan fingerprint density at radius 2 is 1.65 bits per heavy atom. The maximum absolute atomic E-state index is 12.7. The van der Waals surface area contributed by atoms with Gasteiger partial charge in [0.1, 0.15) is 5.60 Å². The molecule has 0 aromatic carbocycles. The number of carboxylic acids is 1. The summed E-state index contributed by atoms with van der Waals surface area (Å²) in [5.41, 5.74) is -1.05. The zero-order valence-corrected chi connectivity index (χ0v) is 10.2. The standard InChI is InChI=1S/C8H12F2O6S/c1-7(2,3)16-5(11)4-17(14,15)8(9,10)6(12)13/h4H2,1-3H3,(H,12,13). The third-order valence-electron chi connectivity index (χ3n) is 1.37. The highest BCUT2D eigenvalue weighted by Crippen LogP contribution is 2.23. The summed E-state index contributed by atoms with van der Waals surface area (Å²) in [6.07, 6.45) is 0. The predicted octanol–water partition coefficient (Wildman–Crippen LogP) is 0.420. The number of esters is 1. The molecule has 0 spiro atoms. The normalized spacial score (nSPS) is 13.2. The van der Waals surface area contributed by atoms with Crippen LogP contribution in [-0.4, -0.2) is 42.1 Å². The minimum Gasteiger partial charge on any atom is -0.476 e. The van der Waals surface area contributed by atoms with Gasteiger partial charge in [0.15, 0.2) is 5.75 Å². The van der Waals surface area contributed by atoms with Gasteiger partial charge >= 0.3 is 17.2 Å². The number of carbonyl (C=O) groups is 2. The van der Waals surface area contributed by atoms with Crippen molar-refractivity contribution >= 4 is 21.8 Å². The Morgan fingerprint density at radius 1 is 1.24 bits per heavy atom. The van der Waals surface area contributed by atoms with Crippen molar-refractivity contribution in [2.45, 2.75) is 31.6 Å². The van der Waals surface area contributed by atoms with E-state index in [0.717, 1.165) is 0 Å². The Labute approximate surface area is 96.5 Å². The maximum Gasteiger partial charge on any atom is 0.440 e. The topological polar surface area (TPSA) is 97.7 Å². The molecule has 0 aromatic heterocycles. The Bertz CT molecular complexity index is 420. The molecule has 17 heavy (non-hydrogen) atoms. The van der Waals surface area contributed by atoms with Crippen molar-refractivity contribution in [3.05, 3.63) is 0 Å². The lowest BCUT2D eigenvalue weighted by Gasteiger charge is -2.20. The van der Waals surface area contributed by atoms with Crippen LogP contribution in [0.3, 0.4) is 0 Å². The fourth-order valence-corrected chi connectivity index (χ4v) is 1.57. The second kappa shape index (κ2) is 4.55. The lowest BCUT2D eigenvalue weighted by molar-refractivity contribution is -0.154. The number of hydrogen-bond donors (Lipinski definition) is 1. The van der Waals surface area contributed by atoms with Crippen LogP contribution in [-0.2, 0) is 24.2 Å². The summed E-state index contributed by atoms with van der Waals surface area (Å²) < 4.78 is 51.9. The van der Waals surface area contributed by atoms with E-state index < -0.39 is 38.4 Å². The molecule has 1 N–H and O–H groups in total.